The standard InChI is InChI=1S/C13H11NO5S/c15-13(11-7-16-4-5-18-11)19-6-9-8-20-12(14-9)10-2-1-3-17-10/h1-3,7-8H,4-6H2. The van der Waals surface area contributed by atoms with E-state index < -0.39 is 5.97 Å². The zero-order chi connectivity index (χ0) is 13.8. The Morgan fingerprint density at radius 2 is 2.40 bits per heavy atom. The van der Waals surface area contributed by atoms with E-state index in [1.165, 1.54) is 17.6 Å². The maximum absolute atomic E-state index is 11.7. The van der Waals surface area contributed by atoms with Crippen LogP contribution in [-0.4, -0.2) is 24.2 Å². The summed E-state index contributed by atoms with van der Waals surface area (Å²) in [7, 11) is 0. The van der Waals surface area contributed by atoms with Gasteiger partial charge in [-0.15, -0.1) is 11.3 Å². The number of carbonyl (C=O) groups is 1. The van der Waals surface area contributed by atoms with E-state index in [9.17, 15) is 4.79 Å². The number of aromatic nitrogens is 1. The second kappa shape index (κ2) is 5.79. The maximum atomic E-state index is 11.7. The first-order valence-electron chi connectivity index (χ1n) is 5.93. The number of esters is 1. The van der Waals surface area contributed by atoms with E-state index in [1.807, 2.05) is 11.4 Å². The molecule has 0 saturated carbocycles. The fourth-order valence-corrected chi connectivity index (χ4v) is 2.34. The summed E-state index contributed by atoms with van der Waals surface area (Å²) in [4.78, 5) is 16.0. The molecular formula is C13H11NO5S. The van der Waals surface area contributed by atoms with Crippen LogP contribution in [0.25, 0.3) is 10.8 Å². The largest absolute Gasteiger partial charge is 0.493 e. The van der Waals surface area contributed by atoms with Gasteiger partial charge in [-0.1, -0.05) is 0 Å². The predicted molar refractivity (Wildman–Crippen MR) is 69.6 cm³/mol. The van der Waals surface area contributed by atoms with E-state index in [2.05, 4.69) is 4.98 Å². The van der Waals surface area contributed by atoms with Crippen molar-refractivity contribution in [2.75, 3.05) is 13.2 Å². The molecule has 20 heavy (non-hydrogen) atoms. The van der Waals surface area contributed by atoms with E-state index in [0.717, 1.165) is 5.01 Å². The molecule has 1 aliphatic rings. The summed E-state index contributed by atoms with van der Waals surface area (Å²) in [6, 6.07) is 3.62. The van der Waals surface area contributed by atoms with Gasteiger partial charge in [-0.25, -0.2) is 9.78 Å². The van der Waals surface area contributed by atoms with Gasteiger partial charge in [-0.3, -0.25) is 0 Å². The van der Waals surface area contributed by atoms with E-state index in [4.69, 9.17) is 18.6 Å². The van der Waals surface area contributed by atoms with Gasteiger partial charge in [0.15, 0.2) is 10.8 Å². The molecule has 0 spiro atoms. The molecule has 3 rings (SSSR count). The Kier molecular flexibility index (Phi) is 3.69. The normalized spacial score (nSPS) is 14.1. The maximum Gasteiger partial charge on any atom is 0.377 e. The smallest absolute Gasteiger partial charge is 0.377 e. The minimum absolute atomic E-state index is 0.0801. The first-order valence-corrected chi connectivity index (χ1v) is 6.81. The summed E-state index contributed by atoms with van der Waals surface area (Å²) in [5.74, 6) is 0.217. The van der Waals surface area contributed by atoms with E-state index >= 15 is 0 Å². The lowest BCUT2D eigenvalue weighted by atomic mass is 10.4. The number of furan rings is 1. The van der Waals surface area contributed by atoms with Gasteiger partial charge in [0, 0.05) is 5.38 Å². The van der Waals surface area contributed by atoms with E-state index in [0.29, 0.717) is 24.7 Å². The molecule has 0 atom stereocenters. The molecule has 0 aliphatic carbocycles. The average Bonchev–Trinajstić information content (AvgIpc) is 3.16. The highest BCUT2D eigenvalue weighted by Crippen LogP contribution is 2.24. The van der Waals surface area contributed by atoms with Crippen LogP contribution < -0.4 is 0 Å². The molecule has 0 fully saturated rings. The number of nitrogens with zero attached hydrogens (tertiary/aromatic N) is 1. The highest BCUT2D eigenvalue weighted by atomic mass is 32.1. The van der Waals surface area contributed by atoms with Crippen LogP contribution in [0, 0.1) is 0 Å². The summed E-state index contributed by atoms with van der Waals surface area (Å²) in [6.45, 7) is 0.867. The fraction of sp³-hybridized carbons (Fsp3) is 0.231. The number of thiazole rings is 1. The van der Waals surface area contributed by atoms with Gasteiger partial charge in [0.05, 0.1) is 12.0 Å². The molecule has 0 saturated heterocycles. The van der Waals surface area contributed by atoms with Crippen molar-refractivity contribution in [3.8, 4) is 10.8 Å². The Hall–Kier alpha value is -2.28. The van der Waals surface area contributed by atoms with Crippen molar-refractivity contribution in [3.05, 3.63) is 41.5 Å². The van der Waals surface area contributed by atoms with Crippen LogP contribution in [0.5, 0.6) is 0 Å². The molecule has 2 aromatic rings. The third-order valence-electron chi connectivity index (χ3n) is 2.49. The number of hydrogen-bond acceptors (Lipinski definition) is 7. The van der Waals surface area contributed by atoms with Crippen LogP contribution in [0.3, 0.4) is 0 Å². The van der Waals surface area contributed by atoms with E-state index in [1.54, 1.807) is 12.3 Å². The first-order chi connectivity index (χ1) is 9.83. The molecule has 0 amide bonds. The third kappa shape index (κ3) is 2.83. The van der Waals surface area contributed by atoms with Crippen molar-refractivity contribution >= 4 is 17.3 Å². The van der Waals surface area contributed by atoms with Gasteiger partial charge < -0.3 is 18.6 Å². The van der Waals surface area contributed by atoms with E-state index in [-0.39, 0.29) is 12.4 Å². The molecule has 0 aromatic carbocycles. The first kappa shape index (κ1) is 12.7. The topological polar surface area (TPSA) is 70.8 Å². The molecule has 2 aromatic heterocycles. The molecular weight excluding hydrogens is 282 g/mol. The summed E-state index contributed by atoms with van der Waals surface area (Å²) in [6.07, 6.45) is 2.85. The van der Waals surface area contributed by atoms with Crippen LogP contribution in [-0.2, 0) is 25.6 Å². The monoisotopic (exact) mass is 293 g/mol. The van der Waals surface area contributed by atoms with Gasteiger partial charge in [0.2, 0.25) is 5.76 Å². The summed E-state index contributed by atoms with van der Waals surface area (Å²) in [5, 5.41) is 2.56. The molecule has 7 heteroatoms. The molecule has 104 valence electrons. The van der Waals surface area contributed by atoms with Gasteiger partial charge in [0.25, 0.3) is 0 Å². The zero-order valence-corrected chi connectivity index (χ0v) is 11.2. The van der Waals surface area contributed by atoms with Crippen LogP contribution >= 0.6 is 11.3 Å². The third-order valence-corrected chi connectivity index (χ3v) is 3.39. The number of rotatable bonds is 4. The van der Waals surface area contributed by atoms with Crippen molar-refractivity contribution < 1.29 is 23.4 Å². The number of ether oxygens (including phenoxy) is 3. The Morgan fingerprint density at radius 1 is 1.45 bits per heavy atom. The van der Waals surface area contributed by atoms with Gasteiger partial charge in [-0.05, 0) is 12.1 Å². The molecule has 1 aliphatic heterocycles. The quantitative estimate of drug-likeness (QED) is 0.806. The summed E-state index contributed by atoms with van der Waals surface area (Å²) >= 11 is 1.43. The van der Waals surface area contributed by atoms with Gasteiger partial charge in [0.1, 0.15) is 26.1 Å². The average molecular weight is 293 g/mol. The zero-order valence-electron chi connectivity index (χ0n) is 10.4. The van der Waals surface area contributed by atoms with Crippen molar-refractivity contribution in [2.24, 2.45) is 0 Å². The molecule has 0 N–H and O–H groups in total. The lowest BCUT2D eigenvalue weighted by Crippen LogP contribution is -2.17. The van der Waals surface area contributed by atoms with Gasteiger partial charge >= 0.3 is 5.97 Å². The highest BCUT2D eigenvalue weighted by Gasteiger charge is 2.17. The van der Waals surface area contributed by atoms with Crippen molar-refractivity contribution in [1.29, 1.82) is 0 Å². The Labute approximate surface area is 118 Å². The molecule has 0 radical (unpaired) electrons. The predicted octanol–water partition coefficient (Wildman–Crippen LogP) is 2.33. The van der Waals surface area contributed by atoms with Crippen molar-refractivity contribution in [3.63, 3.8) is 0 Å². The van der Waals surface area contributed by atoms with Crippen molar-refractivity contribution in [2.45, 2.75) is 6.61 Å². The lowest BCUT2D eigenvalue weighted by Gasteiger charge is -2.13. The van der Waals surface area contributed by atoms with Crippen LogP contribution in [0.1, 0.15) is 5.69 Å². The SMILES string of the molecule is O=C(OCc1csc(-c2ccco2)n1)C1=COCCO1. The number of hydrogen-bond donors (Lipinski definition) is 0. The minimum atomic E-state index is -0.558. The van der Waals surface area contributed by atoms with Crippen LogP contribution in [0.4, 0.5) is 0 Å². The highest BCUT2D eigenvalue weighted by molar-refractivity contribution is 7.13. The molecule has 6 nitrogen and oxygen atoms in total. The Balaban J connectivity index is 1.59. The fourth-order valence-electron chi connectivity index (χ4n) is 1.57. The Morgan fingerprint density at radius 3 is 3.15 bits per heavy atom. The summed E-state index contributed by atoms with van der Waals surface area (Å²) < 4.78 is 20.5. The number of carbonyl (C=O) groups excluding carboxylic acids is 1. The van der Waals surface area contributed by atoms with Gasteiger partial charge in [-0.2, -0.15) is 0 Å². The molecule has 3 heterocycles. The summed E-state index contributed by atoms with van der Waals surface area (Å²) in [5.41, 5.74) is 0.659. The lowest BCUT2D eigenvalue weighted by molar-refractivity contribution is -0.146. The molecule has 0 unspecified atom stereocenters. The second-order valence-corrected chi connectivity index (χ2v) is 4.76. The molecule has 0 bridgehead atoms. The van der Waals surface area contributed by atoms with Crippen molar-refractivity contribution in [1.82, 2.24) is 4.98 Å². The second-order valence-electron chi connectivity index (χ2n) is 3.90. The minimum Gasteiger partial charge on any atom is -0.493 e. The van der Waals surface area contributed by atoms with Crippen LogP contribution in [0.2, 0.25) is 0 Å². The van der Waals surface area contributed by atoms with Crippen LogP contribution in [0.15, 0.2) is 40.2 Å². The Bertz CT molecular complexity index is 617.